The highest BCUT2D eigenvalue weighted by molar-refractivity contribution is 5.69. The van der Waals surface area contributed by atoms with Gasteiger partial charge >= 0.3 is 5.97 Å². The van der Waals surface area contributed by atoms with Gasteiger partial charge in [0.25, 0.3) is 0 Å². The average molecular weight is 459 g/mol. The van der Waals surface area contributed by atoms with Crippen molar-refractivity contribution in [3.05, 3.63) is 48.6 Å². The van der Waals surface area contributed by atoms with Crippen molar-refractivity contribution in [1.82, 2.24) is 0 Å². The van der Waals surface area contributed by atoms with Crippen molar-refractivity contribution in [3.63, 3.8) is 0 Å². The van der Waals surface area contributed by atoms with Gasteiger partial charge in [-0.15, -0.1) is 0 Å². The zero-order valence-electron chi connectivity index (χ0n) is 22.1. The fraction of sp³-hybridized carbons (Fsp3) is 0.710. The maximum Gasteiger partial charge on any atom is 0.305 e. The van der Waals surface area contributed by atoms with Crippen molar-refractivity contribution in [2.24, 2.45) is 0 Å². The molecule has 0 fully saturated rings. The second kappa shape index (κ2) is 28.5. The molecule has 0 heterocycles. The quantitative estimate of drug-likeness (QED) is 0.0816. The monoisotopic (exact) mass is 458 g/mol. The summed E-state index contributed by atoms with van der Waals surface area (Å²) in [4.78, 5) is 11.8. The molecule has 0 aliphatic heterocycles. The first-order valence-corrected chi connectivity index (χ1v) is 14.1. The Morgan fingerprint density at radius 3 is 1.48 bits per heavy atom. The van der Waals surface area contributed by atoms with Gasteiger partial charge < -0.3 is 4.74 Å². The summed E-state index contributed by atoms with van der Waals surface area (Å²) in [6.07, 6.45) is 40.0. The number of ether oxygens (including phenoxy) is 1. The molecule has 0 saturated heterocycles. The molecule has 0 amide bonds. The number of unbranched alkanes of at least 4 members (excludes halogenated alkanes) is 12. The number of rotatable bonds is 24. The molecule has 190 valence electrons. The van der Waals surface area contributed by atoms with Crippen molar-refractivity contribution in [2.75, 3.05) is 6.61 Å². The lowest BCUT2D eigenvalue weighted by Gasteiger charge is -2.04. The van der Waals surface area contributed by atoms with E-state index in [-0.39, 0.29) is 5.97 Å². The molecule has 0 atom stereocenters. The number of carbonyl (C=O) groups is 1. The van der Waals surface area contributed by atoms with Gasteiger partial charge in [-0.05, 0) is 51.4 Å². The van der Waals surface area contributed by atoms with Crippen LogP contribution in [-0.2, 0) is 9.53 Å². The van der Waals surface area contributed by atoms with E-state index in [1.165, 1.54) is 77.0 Å². The molecular weight excluding hydrogens is 404 g/mol. The van der Waals surface area contributed by atoms with Gasteiger partial charge in [0.1, 0.15) is 0 Å². The van der Waals surface area contributed by atoms with Gasteiger partial charge in [0.15, 0.2) is 0 Å². The molecule has 0 aromatic heterocycles. The molecule has 0 bridgehead atoms. The van der Waals surface area contributed by atoms with Crippen LogP contribution in [-0.4, -0.2) is 12.6 Å². The summed E-state index contributed by atoms with van der Waals surface area (Å²) in [6.45, 7) is 5.10. The third kappa shape index (κ3) is 28.4. The molecule has 0 radical (unpaired) electrons. The number of hydrogen-bond acceptors (Lipinski definition) is 2. The first-order chi connectivity index (χ1) is 16.3. The van der Waals surface area contributed by atoms with Gasteiger partial charge in [-0.2, -0.15) is 0 Å². The van der Waals surface area contributed by atoms with E-state index in [4.69, 9.17) is 4.74 Å². The Hall–Kier alpha value is -1.57. The van der Waals surface area contributed by atoms with Gasteiger partial charge in [-0.25, -0.2) is 0 Å². The highest BCUT2D eigenvalue weighted by Crippen LogP contribution is 2.10. The van der Waals surface area contributed by atoms with Crippen LogP contribution in [0.4, 0.5) is 0 Å². The molecule has 0 aromatic carbocycles. The topological polar surface area (TPSA) is 26.3 Å². The predicted molar refractivity (Wildman–Crippen MR) is 147 cm³/mol. The van der Waals surface area contributed by atoms with E-state index >= 15 is 0 Å². The Kier molecular flexibility index (Phi) is 27.1. The highest BCUT2D eigenvalue weighted by atomic mass is 16.5. The summed E-state index contributed by atoms with van der Waals surface area (Å²) in [5.74, 6) is -0.0366. The molecule has 0 N–H and O–H groups in total. The smallest absolute Gasteiger partial charge is 0.305 e. The van der Waals surface area contributed by atoms with E-state index in [0.717, 1.165) is 38.5 Å². The molecule has 0 aliphatic carbocycles. The van der Waals surface area contributed by atoms with Crippen molar-refractivity contribution < 1.29 is 9.53 Å². The molecule has 2 heteroatoms. The summed E-state index contributed by atoms with van der Waals surface area (Å²) < 4.78 is 5.35. The molecule has 0 unspecified atom stereocenters. The number of carbonyl (C=O) groups excluding carboxylic acids is 1. The highest BCUT2D eigenvalue weighted by Gasteiger charge is 2.01. The van der Waals surface area contributed by atoms with E-state index in [2.05, 4.69) is 62.5 Å². The van der Waals surface area contributed by atoms with E-state index < -0.39 is 0 Å². The largest absolute Gasteiger partial charge is 0.466 e. The Morgan fingerprint density at radius 2 is 0.939 bits per heavy atom. The van der Waals surface area contributed by atoms with Gasteiger partial charge in [-0.3, -0.25) is 4.79 Å². The van der Waals surface area contributed by atoms with Crippen molar-refractivity contribution >= 4 is 5.97 Å². The zero-order valence-corrected chi connectivity index (χ0v) is 22.1. The van der Waals surface area contributed by atoms with Gasteiger partial charge in [0, 0.05) is 6.42 Å². The summed E-state index contributed by atoms with van der Waals surface area (Å²) in [5, 5.41) is 0. The lowest BCUT2D eigenvalue weighted by Crippen LogP contribution is -2.05. The van der Waals surface area contributed by atoms with Crippen molar-refractivity contribution in [2.45, 2.75) is 136 Å². The van der Waals surface area contributed by atoms with E-state index in [0.29, 0.717) is 13.0 Å². The summed E-state index contributed by atoms with van der Waals surface area (Å²) in [6, 6.07) is 0. The van der Waals surface area contributed by atoms with E-state index in [1.807, 2.05) is 0 Å². The molecule has 33 heavy (non-hydrogen) atoms. The summed E-state index contributed by atoms with van der Waals surface area (Å²) in [5.41, 5.74) is 0. The summed E-state index contributed by atoms with van der Waals surface area (Å²) >= 11 is 0. The molecule has 0 saturated carbocycles. The normalized spacial score (nSPS) is 12.2. The maximum atomic E-state index is 11.8. The van der Waals surface area contributed by atoms with Crippen LogP contribution in [0.3, 0.4) is 0 Å². The molecule has 0 rings (SSSR count). The molecule has 0 aromatic rings. The Balaban J connectivity index is 3.40. The van der Waals surface area contributed by atoms with Crippen LogP contribution in [0.15, 0.2) is 48.6 Å². The summed E-state index contributed by atoms with van der Waals surface area (Å²) in [7, 11) is 0. The van der Waals surface area contributed by atoms with Crippen LogP contribution in [0.1, 0.15) is 136 Å². The van der Waals surface area contributed by atoms with Crippen LogP contribution in [0.25, 0.3) is 0 Å². The lowest BCUT2D eigenvalue weighted by molar-refractivity contribution is -0.143. The third-order valence-electron chi connectivity index (χ3n) is 5.72. The standard InChI is InChI=1S/C31H54O2/c1-3-5-7-9-11-13-14-15-16-17-18-19-20-21-23-25-27-29-31(32)33-30-28-26-24-22-12-10-8-6-4-2/h11,13,15-16,18-19,21,23H,3-10,12,14,17,20,22,24-30H2,1-2H3. The molecule has 2 nitrogen and oxygen atoms in total. The lowest BCUT2D eigenvalue weighted by atomic mass is 10.1. The Bertz CT molecular complexity index is 513. The second-order valence-corrected chi connectivity index (χ2v) is 9.03. The average Bonchev–Trinajstić information content (AvgIpc) is 2.82. The van der Waals surface area contributed by atoms with Gasteiger partial charge in [0.05, 0.1) is 6.61 Å². The van der Waals surface area contributed by atoms with Gasteiger partial charge in [0.2, 0.25) is 0 Å². The zero-order chi connectivity index (χ0) is 24.1. The minimum atomic E-state index is -0.0366. The fourth-order valence-corrected chi connectivity index (χ4v) is 3.60. The third-order valence-corrected chi connectivity index (χ3v) is 5.72. The maximum absolute atomic E-state index is 11.8. The van der Waals surface area contributed by atoms with E-state index in [9.17, 15) is 4.79 Å². The van der Waals surface area contributed by atoms with Crippen LogP contribution < -0.4 is 0 Å². The van der Waals surface area contributed by atoms with Gasteiger partial charge in [-0.1, -0.05) is 127 Å². The van der Waals surface area contributed by atoms with Crippen LogP contribution in [0.5, 0.6) is 0 Å². The first-order valence-electron chi connectivity index (χ1n) is 14.1. The van der Waals surface area contributed by atoms with Crippen LogP contribution in [0, 0.1) is 0 Å². The number of allylic oxidation sites excluding steroid dienone is 8. The Morgan fingerprint density at radius 1 is 0.515 bits per heavy atom. The van der Waals surface area contributed by atoms with Crippen LogP contribution in [0.2, 0.25) is 0 Å². The van der Waals surface area contributed by atoms with Crippen LogP contribution >= 0.6 is 0 Å². The molecular formula is C31H54O2. The Labute approximate surface area is 206 Å². The van der Waals surface area contributed by atoms with Crippen molar-refractivity contribution in [3.8, 4) is 0 Å². The number of esters is 1. The second-order valence-electron chi connectivity index (χ2n) is 9.03. The van der Waals surface area contributed by atoms with Crippen molar-refractivity contribution in [1.29, 1.82) is 0 Å². The number of hydrogen-bond donors (Lipinski definition) is 0. The minimum absolute atomic E-state index is 0.0366. The predicted octanol–water partition coefficient (Wildman–Crippen LogP) is 10.2. The SMILES string of the molecule is CCCCCC=CCC=CCC=CCC=CCCCC(=O)OCCCCCCCCCCC. The van der Waals surface area contributed by atoms with E-state index in [1.54, 1.807) is 0 Å². The molecule has 0 spiro atoms. The minimum Gasteiger partial charge on any atom is -0.466 e. The fourth-order valence-electron chi connectivity index (χ4n) is 3.60. The molecule has 0 aliphatic rings. The first kappa shape index (κ1) is 31.4.